The summed E-state index contributed by atoms with van der Waals surface area (Å²) < 4.78 is 0. The van der Waals surface area contributed by atoms with Crippen LogP contribution in [0.3, 0.4) is 0 Å². The molecule has 0 amide bonds. The van der Waals surface area contributed by atoms with E-state index in [4.69, 9.17) is 11.6 Å². The molecule has 3 heteroatoms. The van der Waals surface area contributed by atoms with E-state index < -0.39 is 0 Å². The molecule has 0 unspecified atom stereocenters. The normalized spacial score (nSPS) is 11.1. The van der Waals surface area contributed by atoms with Crippen LogP contribution >= 0.6 is 27.5 Å². The highest BCUT2D eigenvalue weighted by molar-refractivity contribution is 9.09. The van der Waals surface area contributed by atoms with Gasteiger partial charge in [-0.25, -0.2) is 0 Å². The fourth-order valence-electron chi connectivity index (χ4n) is 2.32. The Hall–Kier alpha value is -1.38. The van der Waals surface area contributed by atoms with Gasteiger partial charge in [0.1, 0.15) is 0 Å². The molecule has 0 aliphatic rings. The number of Topliss-reactive ketones (excluding diaryl/α,β-unsaturated/α-hetero) is 1. The van der Waals surface area contributed by atoms with Crippen LogP contribution in [0, 0.1) is 0 Å². The van der Waals surface area contributed by atoms with Crippen molar-refractivity contribution in [2.24, 2.45) is 0 Å². The summed E-state index contributed by atoms with van der Waals surface area (Å²) in [5.41, 5.74) is 0.671. The summed E-state index contributed by atoms with van der Waals surface area (Å²) >= 11 is 9.33. The number of alkyl halides is 1. The third-order valence-corrected chi connectivity index (χ3v) is 3.93. The minimum Gasteiger partial charge on any atom is -0.293 e. The first kappa shape index (κ1) is 12.6. The molecule has 0 saturated carbocycles. The quantitative estimate of drug-likeness (QED) is 0.357. The molecule has 19 heavy (non-hydrogen) atoms. The summed E-state index contributed by atoms with van der Waals surface area (Å²) in [5.74, 6) is 0.0442. The molecule has 94 valence electrons. The lowest BCUT2D eigenvalue weighted by Gasteiger charge is -2.08. The van der Waals surface area contributed by atoms with Crippen molar-refractivity contribution >= 4 is 54.9 Å². The predicted molar refractivity (Wildman–Crippen MR) is 84.6 cm³/mol. The maximum Gasteiger partial charge on any atom is 0.174 e. The van der Waals surface area contributed by atoms with Gasteiger partial charge in [-0.1, -0.05) is 51.8 Å². The van der Waals surface area contributed by atoms with Crippen molar-refractivity contribution in [1.29, 1.82) is 0 Å². The molecule has 3 rings (SSSR count). The largest absolute Gasteiger partial charge is 0.293 e. The van der Waals surface area contributed by atoms with E-state index in [0.29, 0.717) is 15.9 Å². The molecule has 0 fully saturated rings. The minimum atomic E-state index is 0.0442. The molecule has 0 radical (unpaired) electrons. The summed E-state index contributed by atoms with van der Waals surface area (Å²) in [6.45, 7) is 0. The Bertz CT molecular complexity index is 795. The minimum absolute atomic E-state index is 0.0442. The molecule has 1 nitrogen and oxygen atoms in total. The third kappa shape index (κ3) is 2.26. The lowest BCUT2D eigenvalue weighted by atomic mass is 9.98. The molecule has 0 bridgehead atoms. The average molecular weight is 334 g/mol. The van der Waals surface area contributed by atoms with Crippen molar-refractivity contribution in [3.05, 3.63) is 59.1 Å². The highest BCUT2D eigenvalue weighted by Crippen LogP contribution is 2.29. The fraction of sp³-hybridized carbons (Fsp3) is 0.0625. The molecule has 0 saturated heterocycles. The van der Waals surface area contributed by atoms with Gasteiger partial charge in [0, 0.05) is 10.6 Å². The number of fused-ring (bicyclic) bond motifs is 2. The van der Waals surface area contributed by atoms with E-state index >= 15 is 0 Å². The number of benzene rings is 3. The molecule has 0 heterocycles. The maximum absolute atomic E-state index is 12.0. The predicted octanol–water partition coefficient (Wildman–Crippen LogP) is 5.22. The SMILES string of the molecule is O=C(CBr)c1cc(Cl)cc2cc3ccccc3cc12. The number of ketones is 1. The first-order valence-electron chi connectivity index (χ1n) is 5.90. The van der Waals surface area contributed by atoms with E-state index in [0.717, 1.165) is 21.5 Å². The number of hydrogen-bond acceptors (Lipinski definition) is 1. The molecular weight excluding hydrogens is 324 g/mol. The molecule has 0 aliphatic heterocycles. The van der Waals surface area contributed by atoms with Gasteiger partial charge in [-0.3, -0.25) is 4.79 Å². The average Bonchev–Trinajstić information content (AvgIpc) is 2.43. The van der Waals surface area contributed by atoms with E-state index in [1.54, 1.807) is 6.07 Å². The van der Waals surface area contributed by atoms with Gasteiger partial charge in [0.15, 0.2) is 5.78 Å². The van der Waals surface area contributed by atoms with Crippen molar-refractivity contribution in [2.75, 3.05) is 5.33 Å². The van der Waals surface area contributed by atoms with E-state index in [9.17, 15) is 4.79 Å². The summed E-state index contributed by atoms with van der Waals surface area (Å²) in [7, 11) is 0. The molecule has 0 aromatic heterocycles. The zero-order valence-electron chi connectivity index (χ0n) is 9.99. The highest BCUT2D eigenvalue weighted by Gasteiger charge is 2.11. The van der Waals surface area contributed by atoms with Gasteiger partial charge >= 0.3 is 0 Å². The van der Waals surface area contributed by atoms with E-state index in [-0.39, 0.29) is 5.78 Å². The zero-order valence-corrected chi connectivity index (χ0v) is 12.3. The van der Waals surface area contributed by atoms with Gasteiger partial charge in [0.05, 0.1) is 5.33 Å². The number of halogens is 2. The van der Waals surface area contributed by atoms with Gasteiger partial charge < -0.3 is 0 Å². The van der Waals surface area contributed by atoms with E-state index in [1.807, 2.05) is 24.3 Å². The van der Waals surface area contributed by atoms with Crippen LogP contribution in [-0.2, 0) is 0 Å². The molecule has 0 atom stereocenters. The zero-order chi connectivity index (χ0) is 13.4. The Morgan fingerprint density at radius 2 is 1.68 bits per heavy atom. The second-order valence-electron chi connectivity index (χ2n) is 4.43. The van der Waals surface area contributed by atoms with Gasteiger partial charge in [-0.05, 0) is 45.8 Å². The molecule has 0 N–H and O–H groups in total. The number of carbonyl (C=O) groups excluding carboxylic acids is 1. The van der Waals surface area contributed by atoms with Crippen molar-refractivity contribution < 1.29 is 4.79 Å². The lowest BCUT2D eigenvalue weighted by molar-refractivity contribution is 0.102. The summed E-state index contributed by atoms with van der Waals surface area (Å²) in [5, 5.41) is 5.11. The van der Waals surface area contributed by atoms with Crippen LogP contribution in [0.15, 0.2) is 48.5 Å². The van der Waals surface area contributed by atoms with Gasteiger partial charge in [0.2, 0.25) is 0 Å². The summed E-state index contributed by atoms with van der Waals surface area (Å²) in [4.78, 5) is 12.0. The monoisotopic (exact) mass is 332 g/mol. The van der Waals surface area contributed by atoms with Crippen LogP contribution in [0.25, 0.3) is 21.5 Å². The Labute approximate surface area is 124 Å². The Morgan fingerprint density at radius 1 is 1.00 bits per heavy atom. The molecule has 3 aromatic carbocycles. The van der Waals surface area contributed by atoms with Crippen molar-refractivity contribution in [1.82, 2.24) is 0 Å². The second-order valence-corrected chi connectivity index (χ2v) is 5.43. The summed E-state index contributed by atoms with van der Waals surface area (Å²) in [6, 6.07) is 15.9. The first-order chi connectivity index (χ1) is 9.19. The number of rotatable bonds is 2. The van der Waals surface area contributed by atoms with Crippen LogP contribution in [-0.4, -0.2) is 11.1 Å². The molecule has 0 spiro atoms. The van der Waals surface area contributed by atoms with Crippen LogP contribution in [0.2, 0.25) is 5.02 Å². The van der Waals surface area contributed by atoms with Crippen LogP contribution < -0.4 is 0 Å². The highest BCUT2D eigenvalue weighted by atomic mass is 79.9. The van der Waals surface area contributed by atoms with Crippen molar-refractivity contribution in [3.63, 3.8) is 0 Å². The van der Waals surface area contributed by atoms with Crippen LogP contribution in [0.1, 0.15) is 10.4 Å². The van der Waals surface area contributed by atoms with Gasteiger partial charge in [-0.15, -0.1) is 0 Å². The molecule has 0 aliphatic carbocycles. The topological polar surface area (TPSA) is 17.1 Å². The smallest absolute Gasteiger partial charge is 0.174 e. The fourth-order valence-corrected chi connectivity index (χ4v) is 2.85. The number of carbonyl (C=O) groups is 1. The third-order valence-electron chi connectivity index (χ3n) is 3.21. The number of hydrogen-bond donors (Lipinski definition) is 0. The molecule has 3 aromatic rings. The van der Waals surface area contributed by atoms with Crippen LogP contribution in [0.5, 0.6) is 0 Å². The Balaban J connectivity index is 2.43. The second kappa shape index (κ2) is 4.95. The van der Waals surface area contributed by atoms with E-state index in [2.05, 4.69) is 34.1 Å². The first-order valence-corrected chi connectivity index (χ1v) is 7.40. The van der Waals surface area contributed by atoms with Gasteiger partial charge in [-0.2, -0.15) is 0 Å². The molecular formula is C16H10BrClO. The van der Waals surface area contributed by atoms with Crippen molar-refractivity contribution in [3.8, 4) is 0 Å². The Morgan fingerprint density at radius 3 is 2.37 bits per heavy atom. The Kier molecular flexibility index (Phi) is 3.29. The van der Waals surface area contributed by atoms with Crippen molar-refractivity contribution in [2.45, 2.75) is 0 Å². The summed E-state index contributed by atoms with van der Waals surface area (Å²) in [6.07, 6.45) is 0. The van der Waals surface area contributed by atoms with Crippen LogP contribution in [0.4, 0.5) is 0 Å². The standard InChI is InChI=1S/C16H10BrClO/c17-9-16(19)15-8-13(18)6-12-5-10-3-1-2-4-11(10)7-14(12)15/h1-8H,9H2. The van der Waals surface area contributed by atoms with E-state index in [1.165, 1.54) is 0 Å². The maximum atomic E-state index is 12.0. The lowest BCUT2D eigenvalue weighted by Crippen LogP contribution is -2.01. The van der Waals surface area contributed by atoms with Gasteiger partial charge in [0.25, 0.3) is 0 Å².